The number of benzene rings is 1. The van der Waals surface area contributed by atoms with Gasteiger partial charge < -0.3 is 5.32 Å². The summed E-state index contributed by atoms with van der Waals surface area (Å²) >= 11 is 4.92. The van der Waals surface area contributed by atoms with Gasteiger partial charge in [0.15, 0.2) is 0 Å². The van der Waals surface area contributed by atoms with E-state index in [1.165, 1.54) is 6.07 Å². The Morgan fingerprint density at radius 1 is 1.37 bits per heavy atom. The SMILES string of the molecule is O=Cc1ccc(NCc2ccc(Br)s2)c([N+](=O)[O-])c1. The Hall–Kier alpha value is -1.73. The molecule has 1 aromatic carbocycles. The molecule has 0 saturated carbocycles. The maximum Gasteiger partial charge on any atom is 0.293 e. The van der Waals surface area contributed by atoms with Gasteiger partial charge in [-0.05, 0) is 40.2 Å². The molecule has 0 aliphatic carbocycles. The number of nitrogens with one attached hydrogen (secondary N) is 1. The zero-order chi connectivity index (χ0) is 13.8. The predicted octanol–water partition coefficient (Wildman–Crippen LogP) is 3.84. The lowest BCUT2D eigenvalue weighted by molar-refractivity contribution is -0.384. The number of nitro benzene ring substituents is 1. The van der Waals surface area contributed by atoms with Gasteiger partial charge >= 0.3 is 0 Å². The Balaban J connectivity index is 2.19. The number of hydrogen-bond acceptors (Lipinski definition) is 5. The highest BCUT2D eigenvalue weighted by molar-refractivity contribution is 9.11. The molecule has 0 fully saturated rings. The van der Waals surface area contributed by atoms with Crippen LogP contribution in [0.25, 0.3) is 0 Å². The van der Waals surface area contributed by atoms with Crippen molar-refractivity contribution in [2.75, 3.05) is 5.32 Å². The standard InChI is InChI=1S/C12H9BrN2O3S/c13-12-4-2-9(19-12)6-14-10-3-1-8(7-16)5-11(10)15(17)18/h1-5,7,14H,6H2. The first kappa shape index (κ1) is 13.7. The van der Waals surface area contributed by atoms with Gasteiger partial charge in [-0.1, -0.05) is 0 Å². The van der Waals surface area contributed by atoms with Crippen molar-refractivity contribution in [2.45, 2.75) is 6.54 Å². The zero-order valence-electron chi connectivity index (χ0n) is 9.63. The van der Waals surface area contributed by atoms with E-state index in [-0.39, 0.29) is 11.3 Å². The van der Waals surface area contributed by atoms with Gasteiger partial charge in [0.2, 0.25) is 0 Å². The lowest BCUT2D eigenvalue weighted by Gasteiger charge is -2.06. The number of carbonyl (C=O) groups excluding carboxylic acids is 1. The molecule has 1 aromatic heterocycles. The highest BCUT2D eigenvalue weighted by atomic mass is 79.9. The van der Waals surface area contributed by atoms with Gasteiger partial charge in [-0.3, -0.25) is 14.9 Å². The predicted molar refractivity (Wildman–Crippen MR) is 77.8 cm³/mol. The van der Waals surface area contributed by atoms with Gasteiger partial charge in [0.1, 0.15) is 12.0 Å². The molecule has 0 unspecified atom stereocenters. The first-order valence-corrected chi connectivity index (χ1v) is 6.93. The van der Waals surface area contributed by atoms with Crippen molar-refractivity contribution >= 4 is 44.9 Å². The number of thiophene rings is 1. The van der Waals surface area contributed by atoms with Crippen molar-refractivity contribution in [1.29, 1.82) is 0 Å². The minimum Gasteiger partial charge on any atom is -0.375 e. The summed E-state index contributed by atoms with van der Waals surface area (Å²) < 4.78 is 1.01. The van der Waals surface area contributed by atoms with Crippen LogP contribution in [0.15, 0.2) is 34.1 Å². The zero-order valence-corrected chi connectivity index (χ0v) is 12.0. The first-order valence-electron chi connectivity index (χ1n) is 5.32. The third-order valence-corrected chi connectivity index (χ3v) is 4.06. The molecular weight excluding hydrogens is 332 g/mol. The van der Waals surface area contributed by atoms with Crippen LogP contribution in [0.5, 0.6) is 0 Å². The lowest BCUT2D eigenvalue weighted by atomic mass is 10.2. The third-order valence-electron chi connectivity index (χ3n) is 2.44. The van der Waals surface area contributed by atoms with Gasteiger partial charge in [-0.25, -0.2) is 0 Å². The fourth-order valence-electron chi connectivity index (χ4n) is 1.55. The molecule has 7 heteroatoms. The summed E-state index contributed by atoms with van der Waals surface area (Å²) in [6.45, 7) is 0.498. The minimum absolute atomic E-state index is 0.0970. The number of nitrogens with zero attached hydrogens (tertiary/aromatic N) is 1. The Morgan fingerprint density at radius 3 is 2.74 bits per heavy atom. The summed E-state index contributed by atoms with van der Waals surface area (Å²) in [5.41, 5.74) is 0.594. The largest absolute Gasteiger partial charge is 0.375 e. The van der Waals surface area contributed by atoms with E-state index >= 15 is 0 Å². The molecule has 0 radical (unpaired) electrons. The summed E-state index contributed by atoms with van der Waals surface area (Å²) in [4.78, 5) is 22.1. The van der Waals surface area contributed by atoms with Crippen LogP contribution in [0.3, 0.4) is 0 Å². The number of anilines is 1. The van der Waals surface area contributed by atoms with Gasteiger partial charge in [0, 0.05) is 23.1 Å². The molecule has 0 aliphatic heterocycles. The van der Waals surface area contributed by atoms with E-state index in [4.69, 9.17) is 0 Å². The fourth-order valence-corrected chi connectivity index (χ4v) is 2.97. The van der Waals surface area contributed by atoms with Crippen LogP contribution >= 0.6 is 27.3 Å². The Labute approximate surface area is 121 Å². The Bertz CT molecular complexity index is 627. The minimum atomic E-state index is -0.500. The summed E-state index contributed by atoms with van der Waals surface area (Å²) in [7, 11) is 0. The summed E-state index contributed by atoms with van der Waals surface area (Å²) in [6, 6.07) is 8.22. The van der Waals surface area contributed by atoms with Crippen molar-refractivity contribution in [3.05, 3.63) is 54.7 Å². The molecule has 0 amide bonds. The maximum atomic E-state index is 11.0. The lowest BCUT2D eigenvalue weighted by Crippen LogP contribution is -2.02. The van der Waals surface area contributed by atoms with E-state index in [0.717, 1.165) is 8.66 Å². The van der Waals surface area contributed by atoms with Crippen molar-refractivity contribution in [3.8, 4) is 0 Å². The summed E-state index contributed by atoms with van der Waals surface area (Å²) in [5, 5.41) is 14.0. The maximum absolute atomic E-state index is 11.0. The molecule has 98 valence electrons. The molecular formula is C12H9BrN2O3S. The number of carbonyl (C=O) groups is 1. The molecule has 19 heavy (non-hydrogen) atoms. The Morgan fingerprint density at radius 2 is 2.16 bits per heavy atom. The van der Waals surface area contributed by atoms with Crippen LogP contribution < -0.4 is 5.32 Å². The van der Waals surface area contributed by atoms with Crippen molar-refractivity contribution < 1.29 is 9.72 Å². The van der Waals surface area contributed by atoms with Gasteiger partial charge in [-0.2, -0.15) is 0 Å². The molecule has 0 saturated heterocycles. The number of hydrogen-bond donors (Lipinski definition) is 1. The van der Waals surface area contributed by atoms with E-state index in [1.807, 2.05) is 12.1 Å². The van der Waals surface area contributed by atoms with E-state index in [9.17, 15) is 14.9 Å². The molecule has 1 heterocycles. The molecule has 0 aliphatic rings. The average Bonchev–Trinajstić information content (AvgIpc) is 2.82. The van der Waals surface area contributed by atoms with Gasteiger partial charge in [0.05, 0.1) is 8.71 Å². The molecule has 1 N–H and O–H groups in total. The highest BCUT2D eigenvalue weighted by Gasteiger charge is 2.14. The second-order valence-electron chi connectivity index (χ2n) is 3.71. The monoisotopic (exact) mass is 340 g/mol. The normalized spacial score (nSPS) is 10.2. The van der Waals surface area contributed by atoms with Gasteiger partial charge in [-0.15, -0.1) is 11.3 Å². The molecule has 0 atom stereocenters. The summed E-state index contributed by atoms with van der Waals surface area (Å²) in [5.74, 6) is 0. The highest BCUT2D eigenvalue weighted by Crippen LogP contribution is 2.27. The van der Waals surface area contributed by atoms with E-state index < -0.39 is 4.92 Å². The van der Waals surface area contributed by atoms with Crippen LogP contribution in [-0.4, -0.2) is 11.2 Å². The first-order chi connectivity index (χ1) is 9.10. The van der Waals surface area contributed by atoms with Crippen LogP contribution in [0.1, 0.15) is 15.2 Å². The van der Waals surface area contributed by atoms with Gasteiger partial charge in [0.25, 0.3) is 5.69 Å². The molecule has 5 nitrogen and oxygen atoms in total. The Kier molecular flexibility index (Phi) is 4.28. The second-order valence-corrected chi connectivity index (χ2v) is 6.26. The number of halogens is 1. The summed E-state index contributed by atoms with van der Waals surface area (Å²) in [6.07, 6.45) is 0.590. The number of rotatable bonds is 5. The molecule has 2 aromatic rings. The van der Waals surface area contributed by atoms with Crippen molar-refractivity contribution in [1.82, 2.24) is 0 Å². The van der Waals surface area contributed by atoms with E-state index in [2.05, 4.69) is 21.2 Å². The third kappa shape index (κ3) is 3.39. The van der Waals surface area contributed by atoms with Crippen LogP contribution in [0.4, 0.5) is 11.4 Å². The van der Waals surface area contributed by atoms with E-state index in [0.29, 0.717) is 18.5 Å². The van der Waals surface area contributed by atoms with Crippen molar-refractivity contribution in [3.63, 3.8) is 0 Å². The topological polar surface area (TPSA) is 72.2 Å². The van der Waals surface area contributed by atoms with Crippen LogP contribution in [-0.2, 0) is 6.54 Å². The molecule has 0 spiro atoms. The smallest absolute Gasteiger partial charge is 0.293 e. The number of nitro groups is 1. The molecule has 2 rings (SSSR count). The quantitative estimate of drug-likeness (QED) is 0.509. The van der Waals surface area contributed by atoms with Crippen LogP contribution in [0.2, 0.25) is 0 Å². The average molecular weight is 341 g/mol. The fraction of sp³-hybridized carbons (Fsp3) is 0.0833. The van der Waals surface area contributed by atoms with Crippen molar-refractivity contribution in [2.24, 2.45) is 0 Å². The van der Waals surface area contributed by atoms with Crippen LogP contribution in [0, 0.1) is 10.1 Å². The molecule has 0 bridgehead atoms. The number of aldehydes is 1. The van der Waals surface area contributed by atoms with E-state index in [1.54, 1.807) is 23.5 Å². The second kappa shape index (κ2) is 5.94.